The van der Waals surface area contributed by atoms with Crippen molar-refractivity contribution in [2.75, 3.05) is 4.90 Å². The van der Waals surface area contributed by atoms with Crippen molar-refractivity contribution in [3.63, 3.8) is 0 Å². The average molecular weight is 860 g/mol. The van der Waals surface area contributed by atoms with Crippen molar-refractivity contribution in [1.29, 1.82) is 0 Å². The Morgan fingerprint density at radius 1 is 0.433 bits per heavy atom. The van der Waals surface area contributed by atoms with E-state index in [1.807, 2.05) is 0 Å². The predicted octanol–water partition coefficient (Wildman–Crippen LogP) is 17.1. The molecule has 1 atom stereocenters. The van der Waals surface area contributed by atoms with Crippen molar-refractivity contribution >= 4 is 66.4 Å². The number of fused-ring (bicyclic) bond motifs is 9. The van der Waals surface area contributed by atoms with Crippen LogP contribution in [0.25, 0.3) is 77.2 Å². The van der Waals surface area contributed by atoms with Crippen LogP contribution in [0.4, 0.5) is 17.1 Å². The molecule has 0 aliphatic heterocycles. The number of hydrogen-bond donors (Lipinski definition) is 0. The third-order valence-corrected chi connectivity index (χ3v) is 14.9. The fourth-order valence-electron chi connectivity index (χ4n) is 11.5. The second kappa shape index (κ2) is 15.0. The van der Waals surface area contributed by atoms with E-state index in [-0.39, 0.29) is 10.8 Å². The summed E-state index contributed by atoms with van der Waals surface area (Å²) in [6, 6.07) is 78.3. The molecule has 0 saturated heterocycles. The molecule has 0 fully saturated rings. The number of anilines is 3. The van der Waals surface area contributed by atoms with Crippen molar-refractivity contribution in [1.82, 2.24) is 9.13 Å². The summed E-state index contributed by atoms with van der Waals surface area (Å²) in [6.07, 6.45) is 8.08. The number of rotatable bonds is 7. The minimum Gasteiger partial charge on any atom is -0.310 e. The van der Waals surface area contributed by atoms with E-state index in [0.29, 0.717) is 0 Å². The molecule has 0 spiro atoms. The topological polar surface area (TPSA) is 13.1 Å². The SMILES string of the molecule is CC1(c2ccccc2)C=CC(n2c3ccccc3c3ccc(N(c4ccccc4)c4ccc5c(c4)C(C)(C)c4cccc(-c6ccc(-n7c8ccccc8c8ccccc87)cc6)c4-5)cc32)=CC1. The lowest BCUT2D eigenvalue weighted by molar-refractivity contribution is 0.599. The highest BCUT2D eigenvalue weighted by atomic mass is 15.1. The zero-order valence-electron chi connectivity index (χ0n) is 38.0. The Bertz CT molecular complexity index is 3750. The zero-order chi connectivity index (χ0) is 44.9. The molecule has 0 N–H and O–H groups in total. The van der Waals surface area contributed by atoms with E-state index in [1.165, 1.54) is 88.3 Å². The highest BCUT2D eigenvalue weighted by Crippen LogP contribution is 2.54. The fraction of sp³-hybridized carbons (Fsp3) is 0.0938. The minimum atomic E-state index is -0.216. The van der Waals surface area contributed by atoms with Gasteiger partial charge in [-0.2, -0.15) is 0 Å². The largest absolute Gasteiger partial charge is 0.310 e. The number of para-hydroxylation sites is 4. The Hall–Kier alpha value is -8.14. The summed E-state index contributed by atoms with van der Waals surface area (Å²) < 4.78 is 4.86. The van der Waals surface area contributed by atoms with Gasteiger partial charge in [-0.25, -0.2) is 0 Å². The third-order valence-electron chi connectivity index (χ3n) is 14.9. The number of nitrogens with zero attached hydrogens (tertiary/aromatic N) is 3. The smallest absolute Gasteiger partial charge is 0.0561 e. The van der Waals surface area contributed by atoms with Crippen LogP contribution in [-0.2, 0) is 10.8 Å². The number of benzene rings is 9. The number of hydrogen-bond acceptors (Lipinski definition) is 1. The molecule has 3 nitrogen and oxygen atoms in total. The van der Waals surface area contributed by atoms with Crippen LogP contribution in [0.1, 0.15) is 43.9 Å². The molecule has 0 amide bonds. The van der Waals surface area contributed by atoms with Crippen molar-refractivity contribution in [2.45, 2.75) is 38.0 Å². The maximum atomic E-state index is 2.47. The molecule has 2 aliphatic carbocycles. The minimum absolute atomic E-state index is 0.0560. The van der Waals surface area contributed by atoms with Crippen LogP contribution >= 0.6 is 0 Å². The molecule has 0 saturated carbocycles. The molecule has 2 heterocycles. The summed E-state index contributed by atoms with van der Waals surface area (Å²) in [5.41, 5.74) is 19.5. The molecule has 1 unspecified atom stereocenters. The molecule has 13 rings (SSSR count). The molecular formula is C64H49N3. The van der Waals surface area contributed by atoms with Crippen LogP contribution in [0.5, 0.6) is 0 Å². The van der Waals surface area contributed by atoms with E-state index < -0.39 is 0 Å². The molecule has 67 heavy (non-hydrogen) atoms. The van der Waals surface area contributed by atoms with Gasteiger partial charge >= 0.3 is 0 Å². The first-order chi connectivity index (χ1) is 32.9. The summed E-state index contributed by atoms with van der Waals surface area (Å²) in [7, 11) is 0. The summed E-state index contributed by atoms with van der Waals surface area (Å²) in [5.74, 6) is 0. The van der Waals surface area contributed by atoms with Crippen molar-refractivity contribution in [3.8, 4) is 27.9 Å². The quantitative estimate of drug-likeness (QED) is 0.156. The first kappa shape index (κ1) is 39.2. The Morgan fingerprint density at radius 2 is 1.01 bits per heavy atom. The molecule has 2 aliphatic rings. The third kappa shape index (κ3) is 6.04. The van der Waals surface area contributed by atoms with Crippen molar-refractivity contribution in [3.05, 3.63) is 247 Å². The second-order valence-corrected chi connectivity index (χ2v) is 19.2. The lowest BCUT2D eigenvalue weighted by Crippen LogP contribution is -2.20. The Balaban J connectivity index is 0.911. The zero-order valence-corrected chi connectivity index (χ0v) is 38.0. The van der Waals surface area contributed by atoms with Gasteiger partial charge in [0.1, 0.15) is 0 Å². The van der Waals surface area contributed by atoms with Gasteiger partial charge < -0.3 is 14.0 Å². The molecular weight excluding hydrogens is 811 g/mol. The molecule has 3 heteroatoms. The number of aromatic nitrogens is 2. The molecule has 2 aromatic heterocycles. The van der Waals surface area contributed by atoms with E-state index in [9.17, 15) is 0 Å². The molecule has 0 radical (unpaired) electrons. The van der Waals surface area contributed by atoms with Gasteiger partial charge in [0.25, 0.3) is 0 Å². The molecule has 0 bridgehead atoms. The van der Waals surface area contributed by atoms with Gasteiger partial charge in [-0.1, -0.05) is 179 Å². The summed E-state index contributed by atoms with van der Waals surface area (Å²) in [5, 5.41) is 5.06. The van der Waals surface area contributed by atoms with E-state index in [1.54, 1.807) is 0 Å². The maximum Gasteiger partial charge on any atom is 0.0561 e. The summed E-state index contributed by atoms with van der Waals surface area (Å²) >= 11 is 0. The van der Waals surface area contributed by atoms with Gasteiger partial charge in [0.05, 0.1) is 22.1 Å². The van der Waals surface area contributed by atoms with E-state index >= 15 is 0 Å². The van der Waals surface area contributed by atoms with Crippen LogP contribution in [0.15, 0.2) is 231 Å². The van der Waals surface area contributed by atoms with Crippen LogP contribution in [0, 0.1) is 0 Å². The maximum absolute atomic E-state index is 2.47. The van der Waals surface area contributed by atoms with Crippen molar-refractivity contribution < 1.29 is 0 Å². The Morgan fingerprint density at radius 3 is 1.67 bits per heavy atom. The van der Waals surface area contributed by atoms with Gasteiger partial charge in [-0.05, 0) is 118 Å². The lowest BCUT2D eigenvalue weighted by atomic mass is 9.77. The summed E-state index contributed by atoms with van der Waals surface area (Å²) in [4.78, 5) is 2.44. The van der Waals surface area contributed by atoms with E-state index in [4.69, 9.17) is 0 Å². The van der Waals surface area contributed by atoms with Gasteiger partial charge in [-0.15, -0.1) is 0 Å². The first-order valence-electron chi connectivity index (χ1n) is 23.6. The van der Waals surface area contributed by atoms with E-state index in [0.717, 1.165) is 29.2 Å². The van der Waals surface area contributed by atoms with Gasteiger partial charge in [-0.3, -0.25) is 0 Å². The van der Waals surface area contributed by atoms with Gasteiger partial charge in [0, 0.05) is 60.8 Å². The predicted molar refractivity (Wildman–Crippen MR) is 283 cm³/mol. The van der Waals surface area contributed by atoms with Gasteiger partial charge in [0.2, 0.25) is 0 Å². The molecule has 320 valence electrons. The highest BCUT2D eigenvalue weighted by molar-refractivity contribution is 6.12. The van der Waals surface area contributed by atoms with Crippen LogP contribution in [0.2, 0.25) is 0 Å². The fourth-order valence-corrected chi connectivity index (χ4v) is 11.5. The highest BCUT2D eigenvalue weighted by Gasteiger charge is 2.38. The normalized spacial score (nSPS) is 16.1. The van der Waals surface area contributed by atoms with Crippen molar-refractivity contribution in [2.24, 2.45) is 0 Å². The number of allylic oxidation sites excluding steroid dienone is 4. The Labute approximate surface area is 391 Å². The Kier molecular flexibility index (Phi) is 8.76. The molecule has 9 aromatic carbocycles. The van der Waals surface area contributed by atoms with Crippen LogP contribution < -0.4 is 4.90 Å². The second-order valence-electron chi connectivity index (χ2n) is 19.2. The molecule has 11 aromatic rings. The lowest BCUT2D eigenvalue weighted by Gasteiger charge is -2.29. The summed E-state index contributed by atoms with van der Waals surface area (Å²) in [6.45, 7) is 7.13. The van der Waals surface area contributed by atoms with Gasteiger partial charge in [0.15, 0.2) is 0 Å². The monoisotopic (exact) mass is 859 g/mol. The van der Waals surface area contributed by atoms with Crippen LogP contribution in [0.3, 0.4) is 0 Å². The standard InChI is InChI=1S/C64H49N3/c1-63(2)56-25-16-24-50(43-29-31-46(32-30-43)66-58-26-13-10-21-51(58)52-22-11-14-27-59(52)66)62(56)55-36-34-48(41-57(55)63)65(45-19-8-5-9-20-45)49-33-35-54-53-23-12-15-28-60(53)67(61(54)42-49)47-37-39-64(3,40-38-47)44-17-6-4-7-18-44/h4-39,41-42H,40H2,1-3H3. The first-order valence-corrected chi connectivity index (χ1v) is 23.6. The average Bonchev–Trinajstić information content (AvgIpc) is 3.97. The van der Waals surface area contributed by atoms with Crippen LogP contribution in [-0.4, -0.2) is 9.13 Å². The van der Waals surface area contributed by atoms with E-state index in [2.05, 4.69) is 265 Å².